The number of likely N-dealkylation sites (N-methyl/N-ethyl adjacent to an activating group) is 1. The molecule has 2 heterocycles. The van der Waals surface area contributed by atoms with E-state index in [0.29, 0.717) is 18.4 Å². The molecule has 0 saturated carbocycles. The van der Waals surface area contributed by atoms with E-state index in [4.69, 9.17) is 0 Å². The smallest absolute Gasteiger partial charge is 0.222 e. The molecule has 0 radical (unpaired) electrons. The normalized spacial score (nSPS) is 18.1. The number of carbonyl (C=O) groups is 1. The van der Waals surface area contributed by atoms with Gasteiger partial charge in [0.25, 0.3) is 0 Å². The second-order valence-electron chi connectivity index (χ2n) is 5.31. The molecule has 0 bridgehead atoms. The number of hydrogen-bond donors (Lipinski definition) is 1. The molecular weight excluding hydrogens is 292 g/mol. The summed E-state index contributed by atoms with van der Waals surface area (Å²) in [6.45, 7) is 4.01. The van der Waals surface area contributed by atoms with E-state index in [1.54, 1.807) is 0 Å². The third-order valence-electron chi connectivity index (χ3n) is 3.75. The van der Waals surface area contributed by atoms with Crippen molar-refractivity contribution in [1.29, 1.82) is 0 Å². The van der Waals surface area contributed by atoms with Crippen molar-refractivity contribution >= 4 is 29.7 Å². The summed E-state index contributed by atoms with van der Waals surface area (Å²) in [4.78, 5) is 17.1. The van der Waals surface area contributed by atoms with Crippen LogP contribution >= 0.6 is 23.7 Å². The van der Waals surface area contributed by atoms with Gasteiger partial charge in [-0.2, -0.15) is 0 Å². The van der Waals surface area contributed by atoms with Crippen molar-refractivity contribution in [1.82, 2.24) is 10.2 Å². The lowest BCUT2D eigenvalue weighted by Gasteiger charge is -2.24. The Labute approximate surface area is 132 Å². The molecule has 0 spiro atoms. The van der Waals surface area contributed by atoms with Crippen LogP contribution in [-0.2, 0) is 11.2 Å². The van der Waals surface area contributed by atoms with Gasteiger partial charge in [0, 0.05) is 35.3 Å². The number of nitrogens with zero attached hydrogens (tertiary/aromatic N) is 1. The first-order chi connectivity index (χ1) is 9.20. The minimum atomic E-state index is 0. The second kappa shape index (κ2) is 8.65. The van der Waals surface area contributed by atoms with Gasteiger partial charge in [0.2, 0.25) is 5.91 Å². The van der Waals surface area contributed by atoms with E-state index in [0.717, 1.165) is 38.8 Å². The summed E-state index contributed by atoms with van der Waals surface area (Å²) in [5.74, 6) is 0.339. The minimum absolute atomic E-state index is 0. The molecule has 1 unspecified atom stereocenters. The van der Waals surface area contributed by atoms with Crippen molar-refractivity contribution < 1.29 is 4.79 Å². The Morgan fingerprint density at radius 3 is 2.95 bits per heavy atom. The minimum Gasteiger partial charge on any atom is -0.338 e. The molecule has 1 aliphatic rings. The average Bonchev–Trinajstić information content (AvgIpc) is 2.99. The number of aryl methyl sites for hydroxylation is 2. The summed E-state index contributed by atoms with van der Waals surface area (Å²) in [5, 5.41) is 3.19. The summed E-state index contributed by atoms with van der Waals surface area (Å²) in [5.41, 5.74) is 0. The zero-order valence-corrected chi connectivity index (χ0v) is 14.0. The molecular formula is C15H25ClN2OS. The Morgan fingerprint density at radius 2 is 2.30 bits per heavy atom. The van der Waals surface area contributed by atoms with Gasteiger partial charge < -0.3 is 10.2 Å². The van der Waals surface area contributed by atoms with Crippen molar-refractivity contribution in [2.24, 2.45) is 0 Å². The second-order valence-corrected chi connectivity index (χ2v) is 6.68. The first kappa shape index (κ1) is 17.5. The van der Waals surface area contributed by atoms with Gasteiger partial charge in [-0.25, -0.2) is 0 Å². The first-order valence-corrected chi connectivity index (χ1v) is 8.01. The van der Waals surface area contributed by atoms with Crippen LogP contribution in [0.15, 0.2) is 12.1 Å². The summed E-state index contributed by atoms with van der Waals surface area (Å²) >= 11 is 1.85. The van der Waals surface area contributed by atoms with Gasteiger partial charge in [0.05, 0.1) is 0 Å². The van der Waals surface area contributed by atoms with Gasteiger partial charge in [-0.3, -0.25) is 4.79 Å². The van der Waals surface area contributed by atoms with Gasteiger partial charge in [-0.1, -0.05) is 0 Å². The van der Waals surface area contributed by atoms with Crippen molar-refractivity contribution in [3.63, 3.8) is 0 Å². The Kier molecular flexibility index (Phi) is 7.56. The third-order valence-corrected chi connectivity index (χ3v) is 4.81. The molecule has 5 heteroatoms. The number of thiophene rings is 1. The van der Waals surface area contributed by atoms with E-state index in [1.807, 2.05) is 18.4 Å². The number of hydrogen-bond acceptors (Lipinski definition) is 3. The van der Waals surface area contributed by atoms with Crippen molar-refractivity contribution in [3.05, 3.63) is 21.9 Å². The largest absolute Gasteiger partial charge is 0.338 e. The SMILES string of the molecule is CNCC1CCCN1C(=O)CCCc1ccc(C)s1.Cl. The quantitative estimate of drug-likeness (QED) is 0.875. The lowest BCUT2D eigenvalue weighted by atomic mass is 10.1. The van der Waals surface area contributed by atoms with Gasteiger partial charge in [0.1, 0.15) is 0 Å². The van der Waals surface area contributed by atoms with Crippen molar-refractivity contribution in [2.45, 2.75) is 45.1 Å². The van der Waals surface area contributed by atoms with E-state index in [-0.39, 0.29) is 12.4 Å². The lowest BCUT2D eigenvalue weighted by molar-refractivity contribution is -0.132. The maximum atomic E-state index is 12.2. The highest BCUT2D eigenvalue weighted by Crippen LogP contribution is 2.20. The van der Waals surface area contributed by atoms with E-state index in [2.05, 4.69) is 29.3 Å². The van der Waals surface area contributed by atoms with Crippen LogP contribution in [0.5, 0.6) is 0 Å². The number of halogens is 1. The zero-order valence-electron chi connectivity index (χ0n) is 12.4. The summed E-state index contributed by atoms with van der Waals surface area (Å²) in [6.07, 6.45) is 5.01. The predicted molar refractivity (Wildman–Crippen MR) is 87.9 cm³/mol. The van der Waals surface area contributed by atoms with E-state index in [9.17, 15) is 4.79 Å². The maximum absolute atomic E-state index is 12.2. The van der Waals surface area contributed by atoms with Crippen LogP contribution < -0.4 is 5.32 Å². The highest BCUT2D eigenvalue weighted by Gasteiger charge is 2.27. The molecule has 0 aliphatic carbocycles. The standard InChI is InChI=1S/C15H24N2OS.ClH/c1-12-8-9-14(19-12)6-3-7-15(18)17-10-4-5-13(17)11-16-2;/h8-9,13,16H,3-7,10-11H2,1-2H3;1H. The predicted octanol–water partition coefficient (Wildman–Crippen LogP) is 3.01. The number of amides is 1. The van der Waals surface area contributed by atoms with Crippen LogP contribution in [-0.4, -0.2) is 37.0 Å². The summed E-state index contributed by atoms with van der Waals surface area (Å²) in [6, 6.07) is 4.76. The monoisotopic (exact) mass is 316 g/mol. The molecule has 1 fully saturated rings. The summed E-state index contributed by atoms with van der Waals surface area (Å²) in [7, 11) is 1.96. The zero-order chi connectivity index (χ0) is 13.7. The van der Waals surface area contributed by atoms with Crippen LogP contribution in [0.3, 0.4) is 0 Å². The highest BCUT2D eigenvalue weighted by molar-refractivity contribution is 7.11. The lowest BCUT2D eigenvalue weighted by Crippen LogP contribution is -2.40. The molecule has 1 N–H and O–H groups in total. The van der Waals surface area contributed by atoms with E-state index >= 15 is 0 Å². The maximum Gasteiger partial charge on any atom is 0.222 e. The van der Waals surface area contributed by atoms with Gasteiger partial charge in [0.15, 0.2) is 0 Å². The molecule has 1 aliphatic heterocycles. The molecule has 1 amide bonds. The van der Waals surface area contributed by atoms with Crippen molar-refractivity contribution in [3.8, 4) is 0 Å². The van der Waals surface area contributed by atoms with Gasteiger partial charge in [-0.15, -0.1) is 23.7 Å². The van der Waals surface area contributed by atoms with Crippen LogP contribution in [0.25, 0.3) is 0 Å². The molecule has 114 valence electrons. The number of likely N-dealkylation sites (tertiary alicyclic amines) is 1. The number of rotatable bonds is 6. The first-order valence-electron chi connectivity index (χ1n) is 7.20. The Hall–Kier alpha value is -0.580. The fourth-order valence-electron chi connectivity index (χ4n) is 2.79. The van der Waals surface area contributed by atoms with Crippen LogP contribution in [0.2, 0.25) is 0 Å². The molecule has 20 heavy (non-hydrogen) atoms. The van der Waals surface area contributed by atoms with Gasteiger partial charge >= 0.3 is 0 Å². The average molecular weight is 317 g/mol. The fourth-order valence-corrected chi connectivity index (χ4v) is 3.72. The van der Waals surface area contributed by atoms with Crippen LogP contribution in [0.1, 0.15) is 35.4 Å². The highest BCUT2D eigenvalue weighted by atomic mass is 35.5. The number of carbonyl (C=O) groups excluding carboxylic acids is 1. The Balaban J connectivity index is 0.00000200. The Bertz CT molecular complexity index is 422. The van der Waals surface area contributed by atoms with E-state index < -0.39 is 0 Å². The molecule has 2 rings (SSSR count). The molecule has 1 atom stereocenters. The van der Waals surface area contributed by atoms with E-state index in [1.165, 1.54) is 9.75 Å². The number of nitrogens with one attached hydrogen (secondary N) is 1. The van der Waals surface area contributed by atoms with Gasteiger partial charge in [-0.05, 0) is 51.8 Å². The Morgan fingerprint density at radius 1 is 1.50 bits per heavy atom. The molecule has 0 aromatic carbocycles. The fraction of sp³-hybridized carbons (Fsp3) is 0.667. The molecule has 1 aromatic rings. The third kappa shape index (κ3) is 4.76. The van der Waals surface area contributed by atoms with Crippen molar-refractivity contribution in [2.75, 3.05) is 20.1 Å². The molecule has 3 nitrogen and oxygen atoms in total. The van der Waals surface area contributed by atoms with Crippen LogP contribution in [0, 0.1) is 6.92 Å². The van der Waals surface area contributed by atoms with Crippen LogP contribution in [0.4, 0.5) is 0 Å². The summed E-state index contributed by atoms with van der Waals surface area (Å²) < 4.78 is 0. The molecule has 1 aromatic heterocycles. The topological polar surface area (TPSA) is 32.3 Å². The molecule has 1 saturated heterocycles.